The van der Waals surface area contributed by atoms with Gasteiger partial charge in [0.15, 0.2) is 0 Å². The topological polar surface area (TPSA) is 90.2 Å². The fraction of sp³-hybridized carbons (Fsp3) is 0.231. The second kappa shape index (κ2) is 6.12. The van der Waals surface area contributed by atoms with Crippen molar-refractivity contribution < 1.29 is 14.1 Å². The first kappa shape index (κ1) is 14.6. The molecular formula is C13H13FN4O3. The minimum absolute atomic E-state index is 0.0393. The van der Waals surface area contributed by atoms with Crippen molar-refractivity contribution in [3.8, 4) is 11.6 Å². The van der Waals surface area contributed by atoms with Gasteiger partial charge in [0.05, 0.1) is 11.1 Å². The van der Waals surface area contributed by atoms with Gasteiger partial charge in [-0.25, -0.2) is 4.98 Å². The molecule has 0 fully saturated rings. The molecule has 0 amide bonds. The summed E-state index contributed by atoms with van der Waals surface area (Å²) in [5.74, 6) is -1.01. The number of nitro benzene ring substituents is 1. The first-order chi connectivity index (χ1) is 10.0. The maximum atomic E-state index is 13.7. The van der Waals surface area contributed by atoms with Crippen molar-refractivity contribution >= 4 is 11.6 Å². The summed E-state index contributed by atoms with van der Waals surface area (Å²) in [6.45, 7) is 4.02. The first-order valence-electron chi connectivity index (χ1n) is 6.21. The monoisotopic (exact) mass is 292 g/mol. The summed E-state index contributed by atoms with van der Waals surface area (Å²) in [5.41, 5.74) is 0.255. The molecule has 0 saturated carbocycles. The van der Waals surface area contributed by atoms with Gasteiger partial charge in [-0.05, 0) is 19.4 Å². The number of aromatic nitrogens is 2. The van der Waals surface area contributed by atoms with Crippen LogP contribution in [-0.2, 0) is 0 Å². The lowest BCUT2D eigenvalue weighted by Crippen LogP contribution is -2.05. The Balaban J connectivity index is 2.42. The number of ether oxygens (including phenoxy) is 1. The third kappa shape index (κ3) is 3.22. The number of halogens is 1. The lowest BCUT2D eigenvalue weighted by atomic mass is 10.2. The van der Waals surface area contributed by atoms with E-state index in [9.17, 15) is 14.5 Å². The van der Waals surface area contributed by atoms with E-state index in [1.807, 2.05) is 6.92 Å². The van der Waals surface area contributed by atoms with Crippen LogP contribution in [-0.4, -0.2) is 21.4 Å². The van der Waals surface area contributed by atoms with Crippen LogP contribution in [0, 0.1) is 22.9 Å². The number of rotatable bonds is 5. The van der Waals surface area contributed by atoms with E-state index in [1.165, 1.54) is 12.1 Å². The Hall–Kier alpha value is -2.77. The van der Waals surface area contributed by atoms with Gasteiger partial charge < -0.3 is 10.1 Å². The molecule has 1 aromatic carbocycles. The minimum atomic E-state index is -0.797. The second-order valence-corrected chi connectivity index (χ2v) is 4.16. The van der Waals surface area contributed by atoms with Crippen LogP contribution in [0.15, 0.2) is 24.4 Å². The van der Waals surface area contributed by atoms with Gasteiger partial charge in [-0.15, -0.1) is 0 Å². The van der Waals surface area contributed by atoms with Crippen molar-refractivity contribution in [2.24, 2.45) is 0 Å². The van der Waals surface area contributed by atoms with E-state index in [2.05, 4.69) is 15.3 Å². The number of hydrogen-bond donors (Lipinski definition) is 1. The number of nitrogens with one attached hydrogen (secondary N) is 1. The molecule has 8 heteroatoms. The van der Waals surface area contributed by atoms with Crippen molar-refractivity contribution in [1.82, 2.24) is 9.97 Å². The maximum absolute atomic E-state index is 13.7. The predicted octanol–water partition coefficient (Wildman–Crippen LogP) is 3.06. The van der Waals surface area contributed by atoms with Crippen LogP contribution in [0.3, 0.4) is 0 Å². The third-order valence-electron chi connectivity index (χ3n) is 2.63. The number of nitrogens with zero attached hydrogens (tertiary/aromatic N) is 3. The summed E-state index contributed by atoms with van der Waals surface area (Å²) < 4.78 is 19.0. The average molecular weight is 292 g/mol. The summed E-state index contributed by atoms with van der Waals surface area (Å²) in [4.78, 5) is 18.0. The van der Waals surface area contributed by atoms with E-state index >= 15 is 0 Å². The van der Waals surface area contributed by atoms with Crippen LogP contribution in [0.1, 0.15) is 12.5 Å². The Morgan fingerprint density at radius 2 is 2.24 bits per heavy atom. The largest absolute Gasteiger partial charge is 0.429 e. The molecule has 1 aromatic heterocycles. The van der Waals surface area contributed by atoms with Crippen LogP contribution in [0.4, 0.5) is 16.0 Å². The first-order valence-corrected chi connectivity index (χ1v) is 6.21. The van der Waals surface area contributed by atoms with Crippen LogP contribution in [0.5, 0.6) is 11.6 Å². The van der Waals surface area contributed by atoms with Gasteiger partial charge in [0.1, 0.15) is 0 Å². The van der Waals surface area contributed by atoms with Crippen molar-refractivity contribution in [1.29, 1.82) is 0 Å². The molecular weight excluding hydrogens is 279 g/mol. The van der Waals surface area contributed by atoms with Gasteiger partial charge in [-0.3, -0.25) is 10.1 Å². The number of aryl methyl sites for hydroxylation is 1. The van der Waals surface area contributed by atoms with E-state index in [0.29, 0.717) is 12.1 Å². The molecule has 0 bridgehead atoms. The Bertz CT molecular complexity index is 678. The normalized spacial score (nSPS) is 10.2. The third-order valence-corrected chi connectivity index (χ3v) is 2.63. The van der Waals surface area contributed by atoms with Crippen molar-refractivity contribution in [3.63, 3.8) is 0 Å². The van der Waals surface area contributed by atoms with Crippen molar-refractivity contribution in [3.05, 3.63) is 45.9 Å². The average Bonchev–Trinajstić information content (AvgIpc) is 2.44. The highest BCUT2D eigenvalue weighted by Gasteiger charge is 2.20. The van der Waals surface area contributed by atoms with E-state index in [1.54, 1.807) is 13.0 Å². The molecule has 0 aliphatic carbocycles. The number of anilines is 1. The molecule has 1 N–H and O–H groups in total. The Morgan fingerprint density at radius 1 is 1.48 bits per heavy atom. The quantitative estimate of drug-likeness (QED) is 0.672. The summed E-state index contributed by atoms with van der Waals surface area (Å²) in [5, 5.41) is 13.8. The molecule has 21 heavy (non-hydrogen) atoms. The van der Waals surface area contributed by atoms with Crippen LogP contribution in [0.25, 0.3) is 0 Å². The molecule has 0 saturated heterocycles. The lowest BCUT2D eigenvalue weighted by molar-refractivity contribution is -0.385. The highest BCUT2D eigenvalue weighted by Crippen LogP contribution is 2.34. The zero-order valence-corrected chi connectivity index (χ0v) is 11.5. The van der Waals surface area contributed by atoms with Crippen LogP contribution < -0.4 is 10.1 Å². The van der Waals surface area contributed by atoms with E-state index in [0.717, 1.165) is 6.20 Å². The van der Waals surface area contributed by atoms with Gasteiger partial charge in [0.2, 0.25) is 17.5 Å². The Kier molecular flexibility index (Phi) is 4.27. The molecule has 0 spiro atoms. The number of benzene rings is 1. The zero-order valence-electron chi connectivity index (χ0n) is 11.5. The van der Waals surface area contributed by atoms with Gasteiger partial charge in [0.25, 0.3) is 5.88 Å². The maximum Gasteiger partial charge on any atom is 0.311 e. The summed E-state index contributed by atoms with van der Waals surface area (Å²) in [6.07, 6.45) is 0.949. The standard InChI is InChI=1S/C13H13FN4O3/c1-3-15-13-16-7-9(14)12(17-13)21-11-8(2)5-4-6-10(11)18(19)20/h4-7H,3H2,1-2H3,(H,15,16,17). The summed E-state index contributed by atoms with van der Waals surface area (Å²) in [7, 11) is 0. The molecule has 0 atom stereocenters. The number of para-hydroxylation sites is 1. The predicted molar refractivity (Wildman–Crippen MR) is 74.1 cm³/mol. The summed E-state index contributed by atoms with van der Waals surface area (Å²) in [6, 6.07) is 4.44. The fourth-order valence-electron chi connectivity index (χ4n) is 1.68. The second-order valence-electron chi connectivity index (χ2n) is 4.16. The molecule has 110 valence electrons. The molecule has 0 aliphatic heterocycles. The molecule has 0 unspecified atom stereocenters. The Morgan fingerprint density at radius 3 is 2.90 bits per heavy atom. The SMILES string of the molecule is CCNc1ncc(F)c(Oc2c(C)cccc2[N+](=O)[O-])n1. The highest BCUT2D eigenvalue weighted by molar-refractivity contribution is 5.52. The van der Waals surface area contributed by atoms with Gasteiger partial charge in [0, 0.05) is 12.6 Å². The van der Waals surface area contributed by atoms with E-state index in [4.69, 9.17) is 4.74 Å². The van der Waals surface area contributed by atoms with E-state index < -0.39 is 10.7 Å². The summed E-state index contributed by atoms with van der Waals surface area (Å²) >= 11 is 0. The molecule has 7 nitrogen and oxygen atoms in total. The lowest BCUT2D eigenvalue weighted by Gasteiger charge is -2.10. The fourth-order valence-corrected chi connectivity index (χ4v) is 1.68. The molecule has 0 aliphatic rings. The van der Waals surface area contributed by atoms with Gasteiger partial charge in [-0.2, -0.15) is 9.37 Å². The molecule has 0 radical (unpaired) electrons. The van der Waals surface area contributed by atoms with E-state index in [-0.39, 0.29) is 23.3 Å². The van der Waals surface area contributed by atoms with Crippen LogP contribution >= 0.6 is 0 Å². The number of nitro groups is 1. The number of hydrogen-bond acceptors (Lipinski definition) is 6. The van der Waals surface area contributed by atoms with Crippen molar-refractivity contribution in [2.45, 2.75) is 13.8 Å². The molecule has 2 rings (SSSR count). The molecule has 1 heterocycles. The van der Waals surface area contributed by atoms with Crippen LogP contribution in [0.2, 0.25) is 0 Å². The molecule has 2 aromatic rings. The minimum Gasteiger partial charge on any atom is -0.429 e. The zero-order chi connectivity index (χ0) is 15.4. The Labute approximate surface area is 120 Å². The van der Waals surface area contributed by atoms with Crippen molar-refractivity contribution in [2.75, 3.05) is 11.9 Å². The highest BCUT2D eigenvalue weighted by atomic mass is 19.1. The van der Waals surface area contributed by atoms with Gasteiger partial charge in [-0.1, -0.05) is 12.1 Å². The van der Waals surface area contributed by atoms with Gasteiger partial charge >= 0.3 is 5.69 Å². The smallest absolute Gasteiger partial charge is 0.311 e.